The minimum absolute atomic E-state index is 0.446. The summed E-state index contributed by atoms with van der Waals surface area (Å²) in [6.45, 7) is 2.08. The van der Waals surface area contributed by atoms with Crippen LogP contribution in [0.1, 0.15) is 5.56 Å². The summed E-state index contributed by atoms with van der Waals surface area (Å²) in [5.74, 6) is 1.32. The second kappa shape index (κ2) is 9.42. The quantitative estimate of drug-likeness (QED) is 0.504. The Balaban J connectivity index is 2.56. The van der Waals surface area contributed by atoms with Gasteiger partial charge in [-0.2, -0.15) is 0 Å². The van der Waals surface area contributed by atoms with E-state index in [1.165, 1.54) is 0 Å². The van der Waals surface area contributed by atoms with Gasteiger partial charge in [-0.3, -0.25) is 0 Å². The summed E-state index contributed by atoms with van der Waals surface area (Å²) < 4.78 is 21.2. The molecule has 0 aliphatic rings. The van der Waals surface area contributed by atoms with Crippen molar-refractivity contribution in [1.29, 1.82) is 0 Å². The number of alkyl halides is 1. The van der Waals surface area contributed by atoms with Crippen molar-refractivity contribution in [2.45, 2.75) is 5.33 Å². The first-order valence-electron chi connectivity index (χ1n) is 5.84. The SMILES string of the molecule is COCCOCCOc1c(CBr)cc(Cl)cc1OC. The van der Waals surface area contributed by atoms with Crippen molar-refractivity contribution >= 4 is 27.5 Å². The lowest BCUT2D eigenvalue weighted by atomic mass is 10.2. The van der Waals surface area contributed by atoms with E-state index in [2.05, 4.69) is 15.9 Å². The van der Waals surface area contributed by atoms with Crippen molar-refractivity contribution in [2.75, 3.05) is 40.6 Å². The molecule has 0 saturated heterocycles. The lowest BCUT2D eigenvalue weighted by Gasteiger charge is -2.14. The molecule has 0 N–H and O–H groups in total. The maximum Gasteiger partial charge on any atom is 0.165 e. The number of rotatable bonds is 9. The zero-order valence-corrected chi connectivity index (χ0v) is 13.4. The molecule has 0 heterocycles. The lowest BCUT2D eigenvalue weighted by molar-refractivity contribution is 0.0538. The third-order valence-electron chi connectivity index (χ3n) is 2.37. The Morgan fingerprint density at radius 2 is 1.84 bits per heavy atom. The molecule has 1 aromatic rings. The molecule has 0 spiro atoms. The lowest BCUT2D eigenvalue weighted by Crippen LogP contribution is -2.11. The standard InChI is InChI=1S/C13H18BrClO4/c1-16-3-4-18-5-6-19-13-10(9-14)7-11(15)8-12(13)17-2/h7-8H,3-6,9H2,1-2H3. The predicted molar refractivity (Wildman–Crippen MR) is 78.8 cm³/mol. The number of methoxy groups -OCH3 is 2. The molecule has 0 atom stereocenters. The van der Waals surface area contributed by atoms with Gasteiger partial charge in [-0.15, -0.1) is 0 Å². The molecule has 0 unspecified atom stereocenters. The molecule has 1 rings (SSSR count). The molecule has 4 nitrogen and oxygen atoms in total. The maximum atomic E-state index is 6.00. The third-order valence-corrected chi connectivity index (χ3v) is 3.19. The van der Waals surface area contributed by atoms with Gasteiger partial charge >= 0.3 is 0 Å². The van der Waals surface area contributed by atoms with Gasteiger partial charge in [0, 0.05) is 29.1 Å². The van der Waals surface area contributed by atoms with Crippen LogP contribution in [-0.4, -0.2) is 40.6 Å². The van der Waals surface area contributed by atoms with Crippen LogP contribution in [0, 0.1) is 0 Å². The number of ether oxygens (including phenoxy) is 4. The van der Waals surface area contributed by atoms with Crippen molar-refractivity contribution in [3.63, 3.8) is 0 Å². The van der Waals surface area contributed by atoms with Gasteiger partial charge in [-0.1, -0.05) is 27.5 Å². The second-order valence-corrected chi connectivity index (χ2v) is 4.68. The maximum absolute atomic E-state index is 6.00. The first-order valence-corrected chi connectivity index (χ1v) is 7.34. The zero-order valence-electron chi connectivity index (χ0n) is 11.1. The van der Waals surface area contributed by atoms with Crippen LogP contribution in [0.15, 0.2) is 12.1 Å². The fourth-order valence-corrected chi connectivity index (χ4v) is 2.13. The molecule has 0 aromatic heterocycles. The van der Waals surface area contributed by atoms with Crippen molar-refractivity contribution in [3.05, 3.63) is 22.7 Å². The van der Waals surface area contributed by atoms with Crippen LogP contribution >= 0.6 is 27.5 Å². The molecule has 0 fully saturated rings. The van der Waals surface area contributed by atoms with Crippen molar-refractivity contribution in [1.82, 2.24) is 0 Å². The zero-order chi connectivity index (χ0) is 14.1. The van der Waals surface area contributed by atoms with E-state index in [4.69, 9.17) is 30.5 Å². The molecule has 0 aliphatic heterocycles. The average molecular weight is 354 g/mol. The van der Waals surface area contributed by atoms with Gasteiger partial charge in [0.15, 0.2) is 11.5 Å². The average Bonchev–Trinajstić information content (AvgIpc) is 2.43. The Kier molecular flexibility index (Phi) is 8.21. The van der Waals surface area contributed by atoms with Crippen LogP contribution in [0.5, 0.6) is 11.5 Å². The molecule has 108 valence electrons. The molecule has 0 amide bonds. The molecule has 0 radical (unpaired) electrons. The Labute approximate surface area is 127 Å². The molecule has 0 bridgehead atoms. The van der Waals surface area contributed by atoms with E-state index in [0.717, 1.165) is 5.56 Å². The summed E-state index contributed by atoms with van der Waals surface area (Å²) in [4.78, 5) is 0. The fourth-order valence-electron chi connectivity index (χ4n) is 1.48. The van der Waals surface area contributed by atoms with Crippen LogP contribution in [0.25, 0.3) is 0 Å². The van der Waals surface area contributed by atoms with Gasteiger partial charge in [0.2, 0.25) is 0 Å². The highest BCUT2D eigenvalue weighted by Crippen LogP contribution is 2.35. The highest BCUT2D eigenvalue weighted by atomic mass is 79.9. The van der Waals surface area contributed by atoms with Crippen molar-refractivity contribution in [3.8, 4) is 11.5 Å². The number of hydrogen-bond donors (Lipinski definition) is 0. The molecule has 6 heteroatoms. The van der Waals surface area contributed by atoms with Crippen molar-refractivity contribution < 1.29 is 18.9 Å². The van der Waals surface area contributed by atoms with Crippen LogP contribution in [0.3, 0.4) is 0 Å². The first-order chi connectivity index (χ1) is 9.22. The fraction of sp³-hybridized carbons (Fsp3) is 0.538. The normalized spacial score (nSPS) is 10.5. The summed E-state index contributed by atoms with van der Waals surface area (Å²) >= 11 is 9.41. The van der Waals surface area contributed by atoms with Crippen LogP contribution in [-0.2, 0) is 14.8 Å². The molecule has 0 aliphatic carbocycles. The first kappa shape index (κ1) is 16.6. The summed E-state index contributed by atoms with van der Waals surface area (Å²) in [6.07, 6.45) is 0. The van der Waals surface area contributed by atoms with Gasteiger partial charge in [0.05, 0.1) is 26.9 Å². The Hall–Kier alpha value is -0.490. The van der Waals surface area contributed by atoms with E-state index >= 15 is 0 Å². The van der Waals surface area contributed by atoms with Gasteiger partial charge in [-0.25, -0.2) is 0 Å². The van der Waals surface area contributed by atoms with Crippen LogP contribution < -0.4 is 9.47 Å². The summed E-state index contributed by atoms with van der Waals surface area (Å²) in [5.41, 5.74) is 0.946. The minimum Gasteiger partial charge on any atom is -0.493 e. The monoisotopic (exact) mass is 352 g/mol. The summed E-state index contributed by atoms with van der Waals surface area (Å²) in [5, 5.41) is 1.26. The molecule has 0 saturated carbocycles. The molecular weight excluding hydrogens is 335 g/mol. The van der Waals surface area contributed by atoms with Crippen LogP contribution in [0.2, 0.25) is 5.02 Å². The minimum atomic E-state index is 0.446. The van der Waals surface area contributed by atoms with Gasteiger partial charge in [0.1, 0.15) is 6.61 Å². The Morgan fingerprint density at radius 3 is 2.47 bits per heavy atom. The van der Waals surface area contributed by atoms with E-state index in [1.54, 1.807) is 20.3 Å². The largest absolute Gasteiger partial charge is 0.493 e. The number of halogens is 2. The van der Waals surface area contributed by atoms with Crippen molar-refractivity contribution in [2.24, 2.45) is 0 Å². The molecular formula is C13H18BrClO4. The highest BCUT2D eigenvalue weighted by molar-refractivity contribution is 9.08. The Bertz CT molecular complexity index is 362. The van der Waals surface area contributed by atoms with E-state index < -0.39 is 0 Å². The van der Waals surface area contributed by atoms with Gasteiger partial charge in [-0.05, 0) is 6.07 Å². The van der Waals surface area contributed by atoms with E-state index in [-0.39, 0.29) is 0 Å². The van der Waals surface area contributed by atoms with E-state index in [9.17, 15) is 0 Å². The molecule has 19 heavy (non-hydrogen) atoms. The highest BCUT2D eigenvalue weighted by Gasteiger charge is 2.12. The van der Waals surface area contributed by atoms with Gasteiger partial charge in [0.25, 0.3) is 0 Å². The third kappa shape index (κ3) is 5.57. The topological polar surface area (TPSA) is 36.9 Å². The Morgan fingerprint density at radius 1 is 1.11 bits per heavy atom. The van der Waals surface area contributed by atoms with E-state index in [1.807, 2.05) is 6.07 Å². The predicted octanol–water partition coefficient (Wildman–Crippen LogP) is 3.29. The second-order valence-electron chi connectivity index (χ2n) is 3.68. The number of hydrogen-bond acceptors (Lipinski definition) is 4. The smallest absolute Gasteiger partial charge is 0.165 e. The summed E-state index contributed by atoms with van der Waals surface area (Å²) in [7, 11) is 3.23. The van der Waals surface area contributed by atoms with Gasteiger partial charge < -0.3 is 18.9 Å². The van der Waals surface area contributed by atoms with Crippen LogP contribution in [0.4, 0.5) is 0 Å². The molecule has 1 aromatic carbocycles. The van der Waals surface area contributed by atoms with E-state index in [0.29, 0.717) is 48.3 Å². The summed E-state index contributed by atoms with van der Waals surface area (Å²) in [6, 6.07) is 3.58. The number of benzene rings is 1.